The number of hydrogen-bond donors (Lipinski definition) is 3. The first-order chi connectivity index (χ1) is 11.8. The van der Waals surface area contributed by atoms with E-state index in [0.717, 1.165) is 23.3 Å². The number of nitro benzene ring substituents is 2. The summed E-state index contributed by atoms with van der Waals surface area (Å²) < 4.78 is 0. The molecule has 2 aromatic rings. The predicted molar refractivity (Wildman–Crippen MR) is 88.2 cm³/mol. The number of amides is 1. The van der Waals surface area contributed by atoms with Crippen molar-refractivity contribution in [3.05, 3.63) is 67.3 Å². The molecule has 0 unspecified atom stereocenters. The highest BCUT2D eigenvalue weighted by Crippen LogP contribution is 2.39. The van der Waals surface area contributed by atoms with Crippen molar-refractivity contribution in [1.82, 2.24) is 5.48 Å². The van der Waals surface area contributed by atoms with Crippen molar-refractivity contribution >= 4 is 28.7 Å². The summed E-state index contributed by atoms with van der Waals surface area (Å²) in [6.45, 7) is 3.50. The van der Waals surface area contributed by atoms with Crippen molar-refractivity contribution in [2.75, 3.05) is 5.32 Å². The van der Waals surface area contributed by atoms with Gasteiger partial charge in [-0.25, -0.2) is 5.48 Å². The molecule has 130 valence electrons. The zero-order valence-corrected chi connectivity index (χ0v) is 13.3. The minimum Gasteiger partial charge on any atom is -0.344 e. The molecule has 1 amide bonds. The Bertz CT molecular complexity index is 825. The molecule has 3 N–H and O–H groups in total. The highest BCUT2D eigenvalue weighted by molar-refractivity contribution is 5.97. The lowest BCUT2D eigenvalue weighted by Crippen LogP contribution is -2.19. The van der Waals surface area contributed by atoms with Gasteiger partial charge >= 0.3 is 11.4 Å². The van der Waals surface area contributed by atoms with Gasteiger partial charge in [0.05, 0.1) is 15.4 Å². The minimum atomic E-state index is -1.09. The summed E-state index contributed by atoms with van der Waals surface area (Å²) in [4.78, 5) is 32.6. The van der Waals surface area contributed by atoms with Crippen LogP contribution < -0.4 is 10.8 Å². The maximum absolute atomic E-state index is 11.5. The zero-order valence-electron chi connectivity index (χ0n) is 13.3. The molecule has 0 bridgehead atoms. The fraction of sp³-hybridized carbons (Fsp3) is 0.133. The summed E-state index contributed by atoms with van der Waals surface area (Å²) >= 11 is 0. The standard InChI is InChI=1S/C15H14N4O6/c1-8-4-3-5-9(2)13(8)16-14-11(18(22)23)6-10(15(20)17-21)7-12(14)19(24)25/h3-7,16,21H,1-2H3,(H,17,20). The van der Waals surface area contributed by atoms with E-state index in [1.807, 2.05) is 0 Å². The van der Waals surface area contributed by atoms with Crippen LogP contribution in [0.1, 0.15) is 21.5 Å². The first-order valence-corrected chi connectivity index (χ1v) is 7.00. The third-order valence-corrected chi connectivity index (χ3v) is 3.58. The van der Waals surface area contributed by atoms with E-state index in [-0.39, 0.29) is 5.69 Å². The first kappa shape index (κ1) is 17.8. The van der Waals surface area contributed by atoms with Gasteiger partial charge < -0.3 is 5.32 Å². The van der Waals surface area contributed by atoms with Gasteiger partial charge in [-0.05, 0) is 25.0 Å². The van der Waals surface area contributed by atoms with Gasteiger partial charge in [0.1, 0.15) is 0 Å². The highest BCUT2D eigenvalue weighted by atomic mass is 16.6. The Balaban J connectivity index is 2.72. The van der Waals surface area contributed by atoms with Crippen molar-refractivity contribution in [1.29, 1.82) is 0 Å². The lowest BCUT2D eigenvalue weighted by Gasteiger charge is -2.13. The molecule has 0 saturated heterocycles. The van der Waals surface area contributed by atoms with E-state index < -0.39 is 32.7 Å². The Morgan fingerprint density at radius 3 is 1.88 bits per heavy atom. The fourth-order valence-corrected chi connectivity index (χ4v) is 2.36. The molecule has 0 atom stereocenters. The number of hydrogen-bond acceptors (Lipinski definition) is 7. The number of rotatable bonds is 5. The fourth-order valence-electron chi connectivity index (χ4n) is 2.36. The van der Waals surface area contributed by atoms with E-state index in [0.29, 0.717) is 5.69 Å². The van der Waals surface area contributed by atoms with Crippen LogP contribution in [0.2, 0.25) is 0 Å². The van der Waals surface area contributed by atoms with Gasteiger partial charge in [-0.2, -0.15) is 0 Å². The van der Waals surface area contributed by atoms with E-state index in [1.54, 1.807) is 32.0 Å². The van der Waals surface area contributed by atoms with Crippen LogP contribution in [0.15, 0.2) is 30.3 Å². The Kier molecular flexibility index (Phi) is 4.94. The second-order valence-electron chi connectivity index (χ2n) is 5.24. The molecule has 0 aliphatic carbocycles. The number of nitrogens with one attached hydrogen (secondary N) is 2. The smallest absolute Gasteiger partial charge is 0.300 e. The molecule has 0 saturated carbocycles. The number of hydroxylamine groups is 1. The Hall–Kier alpha value is -3.53. The minimum absolute atomic E-state index is 0.345. The lowest BCUT2D eigenvalue weighted by atomic mass is 10.1. The average molecular weight is 346 g/mol. The Morgan fingerprint density at radius 2 is 1.48 bits per heavy atom. The maximum atomic E-state index is 11.5. The van der Waals surface area contributed by atoms with Gasteiger partial charge in [0, 0.05) is 17.8 Å². The van der Waals surface area contributed by atoms with Crippen LogP contribution in [0.25, 0.3) is 0 Å². The number of benzene rings is 2. The molecule has 10 heteroatoms. The molecule has 0 aromatic heterocycles. The monoisotopic (exact) mass is 346 g/mol. The maximum Gasteiger partial charge on any atom is 0.300 e. The molecule has 10 nitrogen and oxygen atoms in total. The second-order valence-corrected chi connectivity index (χ2v) is 5.24. The molecule has 0 spiro atoms. The summed E-state index contributed by atoms with van der Waals surface area (Å²) in [5.41, 5.74) is 1.19. The molecule has 0 fully saturated rings. The van der Waals surface area contributed by atoms with Crippen molar-refractivity contribution in [3.8, 4) is 0 Å². The average Bonchev–Trinajstić information content (AvgIpc) is 2.56. The molecular weight excluding hydrogens is 332 g/mol. The first-order valence-electron chi connectivity index (χ1n) is 7.00. The van der Waals surface area contributed by atoms with E-state index in [9.17, 15) is 25.0 Å². The normalized spacial score (nSPS) is 10.2. The van der Waals surface area contributed by atoms with Crippen LogP contribution in [-0.2, 0) is 0 Å². The zero-order chi connectivity index (χ0) is 18.7. The molecule has 0 heterocycles. The van der Waals surface area contributed by atoms with Crippen LogP contribution in [0, 0.1) is 34.1 Å². The van der Waals surface area contributed by atoms with Gasteiger partial charge in [-0.1, -0.05) is 18.2 Å². The van der Waals surface area contributed by atoms with Crippen molar-refractivity contribution < 1.29 is 19.8 Å². The molecule has 0 aliphatic rings. The van der Waals surface area contributed by atoms with E-state index in [4.69, 9.17) is 5.21 Å². The largest absolute Gasteiger partial charge is 0.344 e. The van der Waals surface area contributed by atoms with E-state index in [1.165, 1.54) is 5.48 Å². The van der Waals surface area contributed by atoms with Crippen molar-refractivity contribution in [2.24, 2.45) is 0 Å². The number of anilines is 2. The van der Waals surface area contributed by atoms with Crippen molar-refractivity contribution in [3.63, 3.8) is 0 Å². The van der Waals surface area contributed by atoms with Gasteiger partial charge in [-0.3, -0.25) is 30.2 Å². The Morgan fingerprint density at radius 1 is 1.00 bits per heavy atom. The lowest BCUT2D eigenvalue weighted by molar-refractivity contribution is -0.392. The molecule has 25 heavy (non-hydrogen) atoms. The summed E-state index contributed by atoms with van der Waals surface area (Å²) in [6, 6.07) is 7.00. The number of aryl methyl sites for hydroxylation is 2. The second kappa shape index (κ2) is 6.93. The molecule has 0 aliphatic heterocycles. The SMILES string of the molecule is Cc1cccc(C)c1Nc1c([N+](=O)[O-])cc(C(=O)NO)cc1[N+](=O)[O-]. The van der Waals surface area contributed by atoms with Gasteiger partial charge in [-0.15, -0.1) is 0 Å². The van der Waals surface area contributed by atoms with Crippen LogP contribution >= 0.6 is 0 Å². The van der Waals surface area contributed by atoms with Crippen LogP contribution in [0.3, 0.4) is 0 Å². The number of nitrogens with zero attached hydrogens (tertiary/aromatic N) is 2. The van der Waals surface area contributed by atoms with Gasteiger partial charge in [0.15, 0.2) is 5.69 Å². The van der Waals surface area contributed by atoms with Crippen LogP contribution in [0.5, 0.6) is 0 Å². The summed E-state index contributed by atoms with van der Waals surface area (Å²) in [5, 5.41) is 34.2. The van der Waals surface area contributed by atoms with Gasteiger partial charge in [0.2, 0.25) is 0 Å². The number of nitro groups is 2. The van der Waals surface area contributed by atoms with Crippen molar-refractivity contribution in [2.45, 2.75) is 13.8 Å². The quantitative estimate of drug-likeness (QED) is 0.428. The molecule has 2 rings (SSSR count). The summed E-state index contributed by atoms with van der Waals surface area (Å²) in [6.07, 6.45) is 0. The third-order valence-electron chi connectivity index (χ3n) is 3.58. The van der Waals surface area contributed by atoms with Gasteiger partial charge in [0.25, 0.3) is 5.91 Å². The van der Waals surface area contributed by atoms with Crippen LogP contribution in [0.4, 0.5) is 22.7 Å². The topological polar surface area (TPSA) is 148 Å². The summed E-state index contributed by atoms with van der Waals surface area (Å²) in [5.74, 6) is -1.09. The molecule has 0 radical (unpaired) electrons. The number of para-hydroxylation sites is 1. The Labute approximate surface area is 141 Å². The van der Waals surface area contributed by atoms with E-state index >= 15 is 0 Å². The van der Waals surface area contributed by atoms with Crippen LogP contribution in [-0.4, -0.2) is 21.0 Å². The number of carbonyl (C=O) groups excluding carboxylic acids is 1. The molecule has 2 aromatic carbocycles. The summed E-state index contributed by atoms with van der Waals surface area (Å²) in [7, 11) is 0. The van der Waals surface area contributed by atoms with E-state index in [2.05, 4.69) is 5.32 Å². The number of carbonyl (C=O) groups is 1. The molecular formula is C15H14N4O6. The highest BCUT2D eigenvalue weighted by Gasteiger charge is 2.29. The third kappa shape index (κ3) is 3.53. The predicted octanol–water partition coefficient (Wildman–Crippen LogP) is 2.98.